The Balaban J connectivity index is 1.48. The highest BCUT2D eigenvalue weighted by Gasteiger charge is 2.36. The van der Waals surface area contributed by atoms with E-state index in [4.69, 9.17) is 4.74 Å². The molecule has 8 heteroatoms. The average molecular weight is 438 g/mol. The van der Waals surface area contributed by atoms with Crippen LogP contribution in [0.15, 0.2) is 24.3 Å². The predicted octanol–water partition coefficient (Wildman–Crippen LogP) is 2.43. The number of nitrogens with zero attached hydrogens (tertiary/aromatic N) is 2. The van der Waals surface area contributed by atoms with Crippen LogP contribution in [0.3, 0.4) is 0 Å². The summed E-state index contributed by atoms with van der Waals surface area (Å²) in [5.41, 5.74) is 1.13. The van der Waals surface area contributed by atoms with E-state index in [0.29, 0.717) is 38.7 Å². The van der Waals surface area contributed by atoms with E-state index in [1.807, 2.05) is 31.2 Å². The van der Waals surface area contributed by atoms with Gasteiger partial charge < -0.3 is 10.1 Å². The molecule has 1 unspecified atom stereocenters. The van der Waals surface area contributed by atoms with Gasteiger partial charge in [0.25, 0.3) is 10.2 Å². The van der Waals surface area contributed by atoms with Gasteiger partial charge in [0.1, 0.15) is 5.75 Å². The summed E-state index contributed by atoms with van der Waals surface area (Å²) in [6.45, 7) is 7.25. The Morgan fingerprint density at radius 3 is 2.47 bits per heavy atom. The highest BCUT2D eigenvalue weighted by atomic mass is 32.2. The minimum atomic E-state index is -3.47. The molecule has 1 aromatic rings. The van der Waals surface area contributed by atoms with Crippen LogP contribution in [0.4, 0.5) is 0 Å². The van der Waals surface area contributed by atoms with Gasteiger partial charge in [-0.1, -0.05) is 19.1 Å². The number of hydrogen-bond acceptors (Lipinski definition) is 4. The Kier molecular flexibility index (Phi) is 8.13. The molecular weight excluding hydrogens is 402 g/mol. The van der Waals surface area contributed by atoms with Crippen molar-refractivity contribution in [3.63, 3.8) is 0 Å². The number of amides is 1. The zero-order valence-electron chi connectivity index (χ0n) is 18.2. The third-order valence-corrected chi connectivity index (χ3v) is 8.10. The fourth-order valence-corrected chi connectivity index (χ4v) is 5.87. The molecule has 3 rings (SSSR count). The molecule has 0 spiro atoms. The maximum atomic E-state index is 13.0. The first-order chi connectivity index (χ1) is 14.4. The molecule has 2 fully saturated rings. The molecule has 168 valence electrons. The summed E-state index contributed by atoms with van der Waals surface area (Å²) in [4.78, 5) is 12.7. The molecule has 2 aliphatic rings. The van der Waals surface area contributed by atoms with Crippen LogP contribution >= 0.6 is 0 Å². The summed E-state index contributed by atoms with van der Waals surface area (Å²) < 4.78 is 34.6. The van der Waals surface area contributed by atoms with Crippen molar-refractivity contribution < 1.29 is 17.9 Å². The van der Waals surface area contributed by atoms with E-state index in [1.165, 1.54) is 4.31 Å². The van der Waals surface area contributed by atoms with Crippen molar-refractivity contribution >= 4 is 16.1 Å². The molecule has 1 amide bonds. The zero-order chi connectivity index (χ0) is 21.6. The maximum Gasteiger partial charge on any atom is 0.281 e. The Morgan fingerprint density at radius 2 is 1.80 bits per heavy atom. The van der Waals surface area contributed by atoms with Crippen LogP contribution in [-0.2, 0) is 21.4 Å². The first-order valence-electron chi connectivity index (χ1n) is 11.1. The van der Waals surface area contributed by atoms with Crippen molar-refractivity contribution in [3.8, 4) is 5.75 Å². The highest BCUT2D eigenvalue weighted by molar-refractivity contribution is 7.86. The van der Waals surface area contributed by atoms with Gasteiger partial charge in [-0.2, -0.15) is 17.0 Å². The molecule has 0 aromatic heterocycles. The average Bonchev–Trinajstić information content (AvgIpc) is 2.75. The highest BCUT2D eigenvalue weighted by Crippen LogP contribution is 2.25. The van der Waals surface area contributed by atoms with E-state index in [-0.39, 0.29) is 18.4 Å². The van der Waals surface area contributed by atoms with Gasteiger partial charge in [0.2, 0.25) is 5.91 Å². The molecule has 1 aromatic carbocycles. The summed E-state index contributed by atoms with van der Waals surface area (Å²) in [6.07, 6.45) is 4.00. The zero-order valence-corrected chi connectivity index (χ0v) is 19.0. The van der Waals surface area contributed by atoms with Crippen molar-refractivity contribution in [1.29, 1.82) is 0 Å². The Hall–Kier alpha value is -1.64. The topological polar surface area (TPSA) is 79.0 Å². The van der Waals surface area contributed by atoms with Gasteiger partial charge in [0.15, 0.2) is 0 Å². The van der Waals surface area contributed by atoms with Crippen LogP contribution in [0.2, 0.25) is 0 Å². The number of benzene rings is 1. The van der Waals surface area contributed by atoms with E-state index < -0.39 is 10.2 Å². The van der Waals surface area contributed by atoms with Gasteiger partial charge in [-0.3, -0.25) is 4.79 Å². The van der Waals surface area contributed by atoms with Gasteiger partial charge in [-0.05, 0) is 62.6 Å². The lowest BCUT2D eigenvalue weighted by molar-refractivity contribution is -0.126. The van der Waals surface area contributed by atoms with Gasteiger partial charge in [0, 0.05) is 32.7 Å². The SMILES string of the molecule is CCOc1ccc(CCNC(=O)C2CCCN(S(=O)(=O)N3CCC(C)CC3)C2)cc1. The summed E-state index contributed by atoms with van der Waals surface area (Å²) >= 11 is 0. The number of piperidine rings is 2. The molecule has 0 aliphatic carbocycles. The van der Waals surface area contributed by atoms with Crippen LogP contribution in [-0.4, -0.2) is 62.3 Å². The lowest BCUT2D eigenvalue weighted by Crippen LogP contribution is -2.52. The minimum absolute atomic E-state index is 0.0481. The third-order valence-electron chi connectivity index (χ3n) is 6.10. The smallest absolute Gasteiger partial charge is 0.281 e. The number of carbonyl (C=O) groups excluding carboxylic acids is 1. The fourth-order valence-electron chi connectivity index (χ4n) is 4.14. The number of rotatable bonds is 8. The Labute approximate surface area is 180 Å². The number of ether oxygens (including phenoxy) is 1. The summed E-state index contributed by atoms with van der Waals surface area (Å²) in [6, 6.07) is 7.88. The molecule has 0 saturated carbocycles. The van der Waals surface area contributed by atoms with Gasteiger partial charge in [-0.25, -0.2) is 0 Å². The molecule has 7 nitrogen and oxygen atoms in total. The monoisotopic (exact) mass is 437 g/mol. The first-order valence-corrected chi connectivity index (χ1v) is 12.5. The number of carbonyl (C=O) groups is 1. The molecule has 1 atom stereocenters. The third kappa shape index (κ3) is 5.95. The van der Waals surface area contributed by atoms with Gasteiger partial charge in [-0.15, -0.1) is 0 Å². The Bertz CT molecular complexity index is 789. The number of nitrogens with one attached hydrogen (secondary N) is 1. The summed E-state index contributed by atoms with van der Waals surface area (Å²) in [5.74, 6) is 1.09. The standard InChI is InChI=1S/C22H35N3O4S/c1-3-29-21-8-6-19(7-9-21)10-13-23-22(26)20-5-4-14-25(17-20)30(27,28)24-15-11-18(2)12-16-24/h6-9,18,20H,3-5,10-17H2,1-2H3,(H,23,26). The van der Waals surface area contributed by atoms with Crippen molar-refractivity contribution in [2.24, 2.45) is 11.8 Å². The van der Waals surface area contributed by atoms with E-state index in [1.54, 1.807) is 4.31 Å². The van der Waals surface area contributed by atoms with Crippen molar-refractivity contribution in [2.75, 3.05) is 39.3 Å². The molecule has 30 heavy (non-hydrogen) atoms. The fraction of sp³-hybridized carbons (Fsp3) is 0.682. The van der Waals surface area contributed by atoms with Gasteiger partial charge >= 0.3 is 0 Å². The largest absolute Gasteiger partial charge is 0.494 e. The second-order valence-corrected chi connectivity index (χ2v) is 10.3. The van der Waals surface area contributed by atoms with E-state index in [9.17, 15) is 13.2 Å². The number of hydrogen-bond donors (Lipinski definition) is 1. The molecule has 2 saturated heterocycles. The second-order valence-electron chi connectivity index (χ2n) is 8.40. The lowest BCUT2D eigenvalue weighted by Gasteiger charge is -2.37. The molecule has 0 bridgehead atoms. The second kappa shape index (κ2) is 10.6. The normalized spacial score (nSPS) is 22.0. The lowest BCUT2D eigenvalue weighted by atomic mass is 9.99. The summed E-state index contributed by atoms with van der Waals surface area (Å²) in [7, 11) is -3.47. The molecular formula is C22H35N3O4S. The first kappa shape index (κ1) is 23.0. The van der Waals surface area contributed by atoms with Crippen molar-refractivity contribution in [1.82, 2.24) is 13.9 Å². The van der Waals surface area contributed by atoms with E-state index in [0.717, 1.165) is 43.4 Å². The molecule has 2 aliphatic heterocycles. The van der Waals surface area contributed by atoms with Crippen molar-refractivity contribution in [3.05, 3.63) is 29.8 Å². The van der Waals surface area contributed by atoms with Gasteiger partial charge in [0.05, 0.1) is 12.5 Å². The summed E-state index contributed by atoms with van der Waals surface area (Å²) in [5, 5.41) is 2.99. The maximum absolute atomic E-state index is 13.0. The quantitative estimate of drug-likeness (QED) is 0.678. The van der Waals surface area contributed by atoms with E-state index >= 15 is 0 Å². The molecule has 0 radical (unpaired) electrons. The van der Waals surface area contributed by atoms with Crippen LogP contribution < -0.4 is 10.1 Å². The predicted molar refractivity (Wildman–Crippen MR) is 118 cm³/mol. The minimum Gasteiger partial charge on any atom is -0.494 e. The Morgan fingerprint density at radius 1 is 1.10 bits per heavy atom. The van der Waals surface area contributed by atoms with Crippen molar-refractivity contribution in [2.45, 2.75) is 46.0 Å². The van der Waals surface area contributed by atoms with Crippen LogP contribution in [0.5, 0.6) is 5.75 Å². The van der Waals surface area contributed by atoms with Crippen LogP contribution in [0.25, 0.3) is 0 Å². The van der Waals surface area contributed by atoms with Crippen LogP contribution in [0.1, 0.15) is 45.1 Å². The van der Waals surface area contributed by atoms with E-state index in [2.05, 4.69) is 12.2 Å². The molecule has 1 N–H and O–H groups in total. The molecule has 2 heterocycles. The van der Waals surface area contributed by atoms with Crippen LogP contribution in [0, 0.1) is 11.8 Å².